The average Bonchev–Trinajstić information content (AvgIpc) is 2.45. The van der Waals surface area contributed by atoms with Gasteiger partial charge in [-0.25, -0.2) is 13.6 Å². The van der Waals surface area contributed by atoms with Crippen LogP contribution in [0.4, 0.5) is 8.78 Å². The van der Waals surface area contributed by atoms with Crippen molar-refractivity contribution in [2.24, 2.45) is 0 Å². The minimum atomic E-state index is -2.79. The maximum atomic E-state index is 12.2. The van der Waals surface area contributed by atoms with Crippen LogP contribution in [0, 0.1) is 0 Å². The minimum absolute atomic E-state index is 0.0546. The Labute approximate surface area is 131 Å². The summed E-state index contributed by atoms with van der Waals surface area (Å²) in [5, 5.41) is 10.9. The molecule has 1 atom stereocenters. The van der Waals surface area contributed by atoms with Gasteiger partial charge in [0.1, 0.15) is 11.8 Å². The largest absolute Gasteiger partial charge is 0.494 e. The summed E-state index contributed by atoms with van der Waals surface area (Å²) in [5.74, 6) is -1.42. The van der Waals surface area contributed by atoms with Gasteiger partial charge in [-0.05, 0) is 31.2 Å². The molecular formula is C14H17F2NO4S. The van der Waals surface area contributed by atoms with E-state index >= 15 is 0 Å². The van der Waals surface area contributed by atoms with Crippen LogP contribution >= 0.6 is 11.8 Å². The van der Waals surface area contributed by atoms with Gasteiger partial charge < -0.3 is 15.2 Å². The predicted molar refractivity (Wildman–Crippen MR) is 78.5 cm³/mol. The van der Waals surface area contributed by atoms with Crippen LogP contribution in [-0.4, -0.2) is 41.8 Å². The Morgan fingerprint density at radius 1 is 1.32 bits per heavy atom. The summed E-state index contributed by atoms with van der Waals surface area (Å²) in [6, 6.07) is 5.45. The highest BCUT2D eigenvalue weighted by Crippen LogP contribution is 2.21. The van der Waals surface area contributed by atoms with Gasteiger partial charge in [0.2, 0.25) is 12.3 Å². The highest BCUT2D eigenvalue weighted by atomic mass is 32.2. The molecule has 0 radical (unpaired) electrons. The average molecular weight is 333 g/mol. The Bertz CT molecular complexity index is 496. The maximum absolute atomic E-state index is 12.2. The Morgan fingerprint density at radius 2 is 1.95 bits per heavy atom. The Morgan fingerprint density at radius 3 is 2.45 bits per heavy atom. The SMILES string of the molecule is CCOc1ccc(SCC(=O)NC(CC(F)F)C(=O)O)cc1. The summed E-state index contributed by atoms with van der Waals surface area (Å²) in [5.41, 5.74) is 0. The molecule has 0 spiro atoms. The molecule has 0 bridgehead atoms. The highest BCUT2D eigenvalue weighted by Gasteiger charge is 2.23. The number of halogens is 2. The fourth-order valence-corrected chi connectivity index (χ4v) is 2.29. The summed E-state index contributed by atoms with van der Waals surface area (Å²) in [7, 11) is 0. The number of carbonyl (C=O) groups excluding carboxylic acids is 1. The van der Waals surface area contributed by atoms with E-state index in [1.165, 1.54) is 11.8 Å². The van der Waals surface area contributed by atoms with Gasteiger partial charge in [0, 0.05) is 11.3 Å². The van der Waals surface area contributed by atoms with Gasteiger partial charge in [-0.15, -0.1) is 11.8 Å². The molecule has 5 nitrogen and oxygen atoms in total. The standard InChI is InChI=1S/C14H17F2NO4S/c1-2-21-9-3-5-10(6-4-9)22-8-13(18)17-11(14(19)20)7-12(15)16/h3-6,11-12H,2,7-8H2,1H3,(H,17,18)(H,19,20). The quantitative estimate of drug-likeness (QED) is 0.679. The van der Waals surface area contributed by atoms with Crippen LogP contribution in [0.3, 0.4) is 0 Å². The first-order chi connectivity index (χ1) is 10.4. The molecule has 2 N–H and O–H groups in total. The molecule has 0 aliphatic heterocycles. The molecule has 22 heavy (non-hydrogen) atoms. The number of carboxylic acid groups (broad SMARTS) is 1. The van der Waals surface area contributed by atoms with E-state index in [0.717, 1.165) is 4.90 Å². The number of hydrogen-bond acceptors (Lipinski definition) is 4. The molecule has 0 aromatic heterocycles. The second kappa shape index (κ2) is 9.24. The number of amides is 1. The normalized spacial score (nSPS) is 12.0. The summed E-state index contributed by atoms with van der Waals surface area (Å²) < 4.78 is 29.7. The van der Waals surface area contributed by atoms with Gasteiger partial charge in [-0.1, -0.05) is 0 Å². The van der Waals surface area contributed by atoms with Crippen LogP contribution in [-0.2, 0) is 9.59 Å². The van der Waals surface area contributed by atoms with Crippen LogP contribution in [0.5, 0.6) is 5.75 Å². The first-order valence-corrected chi connectivity index (χ1v) is 7.57. The molecular weight excluding hydrogens is 316 g/mol. The van der Waals surface area contributed by atoms with Crippen molar-refractivity contribution in [2.45, 2.75) is 30.7 Å². The predicted octanol–water partition coefficient (Wildman–Crippen LogP) is 2.40. The number of carboxylic acids is 1. The first kappa shape index (κ1) is 18.2. The monoisotopic (exact) mass is 333 g/mol. The third-order valence-electron chi connectivity index (χ3n) is 2.55. The van der Waals surface area contributed by atoms with E-state index in [4.69, 9.17) is 9.84 Å². The lowest BCUT2D eigenvalue weighted by molar-refractivity contribution is -0.142. The first-order valence-electron chi connectivity index (χ1n) is 6.58. The van der Waals surface area contributed by atoms with Gasteiger partial charge in [0.05, 0.1) is 12.4 Å². The van der Waals surface area contributed by atoms with E-state index < -0.39 is 30.8 Å². The van der Waals surface area contributed by atoms with Crippen molar-refractivity contribution in [3.8, 4) is 5.75 Å². The van der Waals surface area contributed by atoms with Crippen molar-refractivity contribution in [3.05, 3.63) is 24.3 Å². The zero-order valence-corrected chi connectivity index (χ0v) is 12.7. The summed E-state index contributed by atoms with van der Waals surface area (Å²) in [4.78, 5) is 23.2. The van der Waals surface area contributed by atoms with Crippen molar-refractivity contribution < 1.29 is 28.2 Å². The molecule has 0 heterocycles. The van der Waals surface area contributed by atoms with Gasteiger partial charge in [-0.2, -0.15) is 0 Å². The van der Waals surface area contributed by atoms with Gasteiger partial charge in [0.25, 0.3) is 0 Å². The van der Waals surface area contributed by atoms with Crippen LogP contribution in [0.1, 0.15) is 13.3 Å². The topological polar surface area (TPSA) is 75.6 Å². The summed E-state index contributed by atoms with van der Waals surface area (Å²) >= 11 is 1.18. The van der Waals surface area contributed by atoms with Crippen molar-refractivity contribution in [2.75, 3.05) is 12.4 Å². The van der Waals surface area contributed by atoms with Crippen LogP contribution in [0.2, 0.25) is 0 Å². The zero-order valence-electron chi connectivity index (χ0n) is 11.9. The number of ether oxygens (including phenoxy) is 1. The maximum Gasteiger partial charge on any atom is 0.326 e. The molecule has 0 aliphatic carbocycles. The third-order valence-corrected chi connectivity index (χ3v) is 3.56. The molecule has 0 saturated carbocycles. The number of aliphatic carboxylic acids is 1. The van der Waals surface area contributed by atoms with Crippen LogP contribution in [0.15, 0.2) is 29.2 Å². The number of thioether (sulfide) groups is 1. The lowest BCUT2D eigenvalue weighted by Gasteiger charge is -2.13. The van der Waals surface area contributed by atoms with Crippen LogP contribution in [0.25, 0.3) is 0 Å². The van der Waals surface area contributed by atoms with Crippen molar-refractivity contribution >= 4 is 23.6 Å². The molecule has 0 aliphatic rings. The fourth-order valence-electron chi connectivity index (χ4n) is 1.58. The number of hydrogen-bond donors (Lipinski definition) is 2. The van der Waals surface area contributed by atoms with E-state index in [9.17, 15) is 18.4 Å². The van der Waals surface area contributed by atoms with Gasteiger partial charge >= 0.3 is 5.97 Å². The Hall–Kier alpha value is -1.83. The number of carbonyl (C=O) groups is 2. The van der Waals surface area contributed by atoms with E-state index in [-0.39, 0.29) is 5.75 Å². The molecule has 8 heteroatoms. The molecule has 122 valence electrons. The highest BCUT2D eigenvalue weighted by molar-refractivity contribution is 8.00. The number of nitrogens with one attached hydrogen (secondary N) is 1. The number of rotatable bonds is 9. The molecule has 1 rings (SSSR count). The number of benzene rings is 1. The fraction of sp³-hybridized carbons (Fsp3) is 0.429. The van der Waals surface area contributed by atoms with Gasteiger partial charge in [-0.3, -0.25) is 4.79 Å². The van der Waals surface area contributed by atoms with Crippen molar-refractivity contribution in [3.63, 3.8) is 0 Å². The molecule has 0 saturated heterocycles. The Kier molecular flexibility index (Phi) is 7.65. The van der Waals surface area contributed by atoms with E-state index in [2.05, 4.69) is 5.32 Å². The molecule has 0 fully saturated rings. The lowest BCUT2D eigenvalue weighted by atomic mass is 10.2. The van der Waals surface area contributed by atoms with E-state index in [0.29, 0.717) is 12.4 Å². The van der Waals surface area contributed by atoms with Crippen molar-refractivity contribution in [1.82, 2.24) is 5.32 Å². The molecule has 1 unspecified atom stereocenters. The smallest absolute Gasteiger partial charge is 0.326 e. The van der Waals surface area contributed by atoms with Gasteiger partial charge in [0.15, 0.2) is 0 Å². The zero-order chi connectivity index (χ0) is 16.5. The summed E-state index contributed by atoms with van der Waals surface area (Å²) in [6.07, 6.45) is -3.70. The lowest BCUT2D eigenvalue weighted by Crippen LogP contribution is -2.42. The second-order valence-electron chi connectivity index (χ2n) is 4.28. The van der Waals surface area contributed by atoms with Crippen LogP contribution < -0.4 is 10.1 Å². The second-order valence-corrected chi connectivity index (χ2v) is 5.33. The summed E-state index contributed by atoms with van der Waals surface area (Å²) in [6.45, 7) is 2.42. The number of alkyl halides is 2. The van der Waals surface area contributed by atoms with Crippen molar-refractivity contribution in [1.29, 1.82) is 0 Å². The molecule has 1 amide bonds. The minimum Gasteiger partial charge on any atom is -0.494 e. The Balaban J connectivity index is 2.45. The molecule has 1 aromatic carbocycles. The van der Waals surface area contributed by atoms with E-state index in [1.807, 2.05) is 6.92 Å². The third kappa shape index (κ3) is 6.75. The van der Waals surface area contributed by atoms with E-state index in [1.54, 1.807) is 24.3 Å². The molecule has 1 aromatic rings.